The fourth-order valence-corrected chi connectivity index (χ4v) is 1.61. The average molecular weight is 274 g/mol. The Hall–Kier alpha value is -2.34. The van der Waals surface area contributed by atoms with Crippen LogP contribution < -0.4 is 16.6 Å². The summed E-state index contributed by atoms with van der Waals surface area (Å²) in [5.74, 6) is -0.122. The monoisotopic (exact) mass is 274 g/mol. The maximum Gasteiger partial charge on any atom is 0.264 e. The highest BCUT2D eigenvalue weighted by Crippen LogP contribution is 2.20. The molecule has 0 aliphatic carbocycles. The minimum atomic E-state index is -0.607. The maximum atomic E-state index is 12.0. The van der Waals surface area contributed by atoms with Crippen molar-refractivity contribution in [2.75, 3.05) is 11.9 Å². The summed E-state index contributed by atoms with van der Waals surface area (Å²) in [5.41, 5.74) is 7.04. The van der Waals surface area contributed by atoms with Gasteiger partial charge < -0.3 is 11.1 Å². The molecule has 0 aliphatic heterocycles. The zero-order chi connectivity index (χ0) is 14.8. The van der Waals surface area contributed by atoms with Crippen LogP contribution >= 0.6 is 0 Å². The topological polar surface area (TPSA) is 104 Å². The molecule has 1 heterocycles. The van der Waals surface area contributed by atoms with Crippen LogP contribution in [0.3, 0.4) is 0 Å². The van der Waals surface area contributed by atoms with Gasteiger partial charge in [0.2, 0.25) is 5.91 Å². The van der Waals surface area contributed by atoms with Gasteiger partial charge in [-0.3, -0.25) is 19.8 Å². The highest BCUT2D eigenvalue weighted by molar-refractivity contribution is 5.95. The van der Waals surface area contributed by atoms with Crippen LogP contribution in [0.4, 0.5) is 5.69 Å². The number of aromatic nitrogens is 2. The third-order valence-electron chi connectivity index (χ3n) is 3.17. The van der Waals surface area contributed by atoms with Gasteiger partial charge in [-0.15, -0.1) is 0 Å². The number of nitrogens with two attached hydrogens (primary N) is 1. The smallest absolute Gasteiger partial charge is 0.264 e. The van der Waals surface area contributed by atoms with Gasteiger partial charge in [0, 0.05) is 18.3 Å². The SMILES string of the molecule is CC(C)(CN)C(=O)Nc1ccc(-c2cc(=O)[nH][nH]2)cc1. The zero-order valence-electron chi connectivity index (χ0n) is 11.5. The van der Waals surface area contributed by atoms with Crippen molar-refractivity contribution in [2.45, 2.75) is 13.8 Å². The van der Waals surface area contributed by atoms with Gasteiger partial charge in [0.25, 0.3) is 5.56 Å². The van der Waals surface area contributed by atoms with E-state index < -0.39 is 5.41 Å². The number of hydrogen-bond acceptors (Lipinski definition) is 3. The molecule has 0 atom stereocenters. The molecule has 6 nitrogen and oxygen atoms in total. The van der Waals surface area contributed by atoms with Crippen molar-refractivity contribution in [3.63, 3.8) is 0 Å². The first-order chi connectivity index (χ1) is 9.42. The van der Waals surface area contributed by atoms with Crippen LogP contribution in [0.15, 0.2) is 35.1 Å². The lowest BCUT2D eigenvalue weighted by Gasteiger charge is -2.21. The lowest BCUT2D eigenvalue weighted by molar-refractivity contribution is -0.123. The number of H-pyrrole nitrogens is 2. The molecule has 106 valence electrons. The van der Waals surface area contributed by atoms with Crippen molar-refractivity contribution in [2.24, 2.45) is 11.1 Å². The number of amides is 1. The molecule has 1 amide bonds. The minimum absolute atomic E-state index is 0.122. The Bertz CT molecular complexity index is 652. The van der Waals surface area contributed by atoms with Crippen LogP contribution in [0.5, 0.6) is 0 Å². The van der Waals surface area contributed by atoms with Crippen LogP contribution in [-0.2, 0) is 4.79 Å². The molecule has 0 fully saturated rings. The Morgan fingerprint density at radius 3 is 2.40 bits per heavy atom. The summed E-state index contributed by atoms with van der Waals surface area (Å²) >= 11 is 0. The molecular formula is C14H18N4O2. The summed E-state index contributed by atoms with van der Waals surface area (Å²) in [6.07, 6.45) is 0. The predicted octanol–water partition coefficient (Wildman–Crippen LogP) is 1.29. The lowest BCUT2D eigenvalue weighted by Crippen LogP contribution is -2.37. The van der Waals surface area contributed by atoms with E-state index >= 15 is 0 Å². The number of carbonyl (C=O) groups is 1. The van der Waals surface area contributed by atoms with E-state index in [1.54, 1.807) is 26.0 Å². The summed E-state index contributed by atoms with van der Waals surface area (Å²) < 4.78 is 0. The second-order valence-electron chi connectivity index (χ2n) is 5.29. The van der Waals surface area contributed by atoms with Crippen molar-refractivity contribution in [1.29, 1.82) is 0 Å². The Kier molecular flexibility index (Phi) is 3.76. The van der Waals surface area contributed by atoms with Crippen molar-refractivity contribution in [1.82, 2.24) is 10.2 Å². The van der Waals surface area contributed by atoms with Gasteiger partial charge >= 0.3 is 0 Å². The molecule has 0 bridgehead atoms. The van der Waals surface area contributed by atoms with E-state index in [2.05, 4.69) is 15.5 Å². The Balaban J connectivity index is 2.13. The fourth-order valence-electron chi connectivity index (χ4n) is 1.61. The summed E-state index contributed by atoms with van der Waals surface area (Å²) in [6, 6.07) is 8.69. The summed E-state index contributed by atoms with van der Waals surface area (Å²) in [6.45, 7) is 3.87. The molecule has 20 heavy (non-hydrogen) atoms. The summed E-state index contributed by atoms with van der Waals surface area (Å²) in [4.78, 5) is 23.0. The zero-order valence-corrected chi connectivity index (χ0v) is 11.5. The summed E-state index contributed by atoms with van der Waals surface area (Å²) in [7, 11) is 0. The first-order valence-corrected chi connectivity index (χ1v) is 6.32. The molecule has 0 saturated heterocycles. The van der Waals surface area contributed by atoms with E-state index in [1.165, 1.54) is 6.07 Å². The van der Waals surface area contributed by atoms with Crippen LogP contribution in [0.2, 0.25) is 0 Å². The van der Waals surface area contributed by atoms with Crippen LogP contribution in [0.25, 0.3) is 11.3 Å². The number of rotatable bonds is 4. The van der Waals surface area contributed by atoms with E-state index in [1.807, 2.05) is 12.1 Å². The molecule has 1 aromatic heterocycles. The van der Waals surface area contributed by atoms with Gasteiger partial charge in [-0.1, -0.05) is 12.1 Å². The van der Waals surface area contributed by atoms with Crippen LogP contribution in [-0.4, -0.2) is 22.6 Å². The molecule has 2 rings (SSSR count). The largest absolute Gasteiger partial charge is 0.329 e. The standard InChI is InChI=1S/C14H18N4O2/c1-14(2,8-15)13(20)16-10-5-3-9(4-6-10)11-7-12(19)18-17-11/h3-7H,8,15H2,1-2H3,(H,16,20)(H2,17,18,19). The molecule has 0 radical (unpaired) electrons. The Morgan fingerprint density at radius 2 is 1.90 bits per heavy atom. The summed E-state index contributed by atoms with van der Waals surface area (Å²) in [5, 5.41) is 8.07. The van der Waals surface area contributed by atoms with E-state index in [0.717, 1.165) is 5.56 Å². The highest BCUT2D eigenvalue weighted by atomic mass is 16.2. The lowest BCUT2D eigenvalue weighted by atomic mass is 9.92. The van der Waals surface area contributed by atoms with E-state index in [-0.39, 0.29) is 18.0 Å². The Labute approximate surface area is 116 Å². The quantitative estimate of drug-likeness (QED) is 0.675. The Morgan fingerprint density at radius 1 is 1.25 bits per heavy atom. The molecule has 1 aromatic carbocycles. The minimum Gasteiger partial charge on any atom is -0.329 e. The van der Waals surface area contributed by atoms with E-state index in [4.69, 9.17) is 5.73 Å². The predicted molar refractivity (Wildman–Crippen MR) is 78.3 cm³/mol. The van der Waals surface area contributed by atoms with Gasteiger partial charge in [0.05, 0.1) is 11.1 Å². The average Bonchev–Trinajstić information content (AvgIpc) is 2.86. The first kappa shape index (κ1) is 14.1. The number of carbonyl (C=O) groups excluding carboxylic acids is 1. The van der Waals surface area contributed by atoms with Crippen LogP contribution in [0.1, 0.15) is 13.8 Å². The molecule has 0 unspecified atom stereocenters. The number of anilines is 1. The number of hydrogen-bond donors (Lipinski definition) is 4. The maximum absolute atomic E-state index is 12.0. The second kappa shape index (κ2) is 5.34. The van der Waals surface area contributed by atoms with Gasteiger partial charge in [-0.25, -0.2) is 0 Å². The van der Waals surface area contributed by atoms with Gasteiger partial charge in [-0.05, 0) is 31.5 Å². The van der Waals surface area contributed by atoms with Crippen molar-refractivity contribution >= 4 is 11.6 Å². The van der Waals surface area contributed by atoms with Crippen molar-refractivity contribution < 1.29 is 4.79 Å². The molecule has 5 N–H and O–H groups in total. The molecule has 0 saturated carbocycles. The molecule has 2 aromatic rings. The van der Waals surface area contributed by atoms with E-state index in [9.17, 15) is 9.59 Å². The second-order valence-corrected chi connectivity index (χ2v) is 5.29. The van der Waals surface area contributed by atoms with Gasteiger partial charge in [0.1, 0.15) is 0 Å². The molecule has 0 spiro atoms. The number of nitrogens with one attached hydrogen (secondary N) is 3. The van der Waals surface area contributed by atoms with Gasteiger partial charge in [0.15, 0.2) is 0 Å². The third-order valence-corrected chi connectivity index (χ3v) is 3.17. The highest BCUT2D eigenvalue weighted by Gasteiger charge is 2.25. The number of aromatic amines is 2. The third kappa shape index (κ3) is 2.97. The first-order valence-electron chi connectivity index (χ1n) is 6.32. The normalized spacial score (nSPS) is 11.3. The van der Waals surface area contributed by atoms with Gasteiger partial charge in [-0.2, -0.15) is 0 Å². The van der Waals surface area contributed by atoms with E-state index in [0.29, 0.717) is 11.4 Å². The fraction of sp³-hybridized carbons (Fsp3) is 0.286. The molecule has 0 aliphatic rings. The molecular weight excluding hydrogens is 256 g/mol. The van der Waals surface area contributed by atoms with Crippen molar-refractivity contribution in [3.05, 3.63) is 40.7 Å². The molecule has 6 heteroatoms. The van der Waals surface area contributed by atoms with Crippen LogP contribution in [0, 0.1) is 5.41 Å². The van der Waals surface area contributed by atoms with Crippen molar-refractivity contribution in [3.8, 4) is 11.3 Å². The number of benzene rings is 1.